The molecule has 0 saturated carbocycles. The molecule has 70 heavy (non-hydrogen) atoms. The summed E-state index contributed by atoms with van der Waals surface area (Å²) in [6.45, 7) is 4.39. The number of aliphatic hydroxyl groups excluding tert-OH is 1. The quantitative estimate of drug-likeness (QED) is 0.0197. The first-order valence-electron chi connectivity index (χ1n) is 27.8. The maximum absolute atomic E-state index is 12.9. The Bertz CT molecular complexity index is 1450. The van der Waals surface area contributed by atoms with Crippen molar-refractivity contribution < 1.29 is 52.2 Å². The number of hydrogen-bond donors (Lipinski definition) is 2. The van der Waals surface area contributed by atoms with Gasteiger partial charge < -0.3 is 24.2 Å². The minimum absolute atomic E-state index is 0.155. The van der Waals surface area contributed by atoms with E-state index in [-0.39, 0.29) is 25.9 Å². The topological polar surface area (TPSA) is 155 Å². The monoisotopic (exact) mass is 1000 g/mol. The van der Waals surface area contributed by atoms with Gasteiger partial charge in [0.2, 0.25) is 0 Å². The summed E-state index contributed by atoms with van der Waals surface area (Å²) in [6, 6.07) is 0. The molecular formula is C58H101O11P. The Morgan fingerprint density at radius 2 is 0.743 bits per heavy atom. The number of allylic oxidation sites excluding steroid dienone is 12. The number of carbonyl (C=O) groups is 3. The highest BCUT2D eigenvalue weighted by atomic mass is 31.2. The van der Waals surface area contributed by atoms with Gasteiger partial charge in [-0.25, -0.2) is 4.57 Å². The molecule has 0 saturated heterocycles. The Hall–Kier alpha value is -3.08. The first-order chi connectivity index (χ1) is 34.2. The van der Waals surface area contributed by atoms with Crippen molar-refractivity contribution >= 4 is 25.7 Å². The Balaban J connectivity index is 4.72. The normalized spacial score (nSPS) is 14.0. The molecule has 3 unspecified atom stereocenters. The van der Waals surface area contributed by atoms with Crippen LogP contribution in [0.4, 0.5) is 0 Å². The third-order valence-corrected chi connectivity index (χ3v) is 12.6. The van der Waals surface area contributed by atoms with Gasteiger partial charge in [0, 0.05) is 19.3 Å². The van der Waals surface area contributed by atoms with Gasteiger partial charge in [-0.3, -0.25) is 23.4 Å². The van der Waals surface area contributed by atoms with Crippen LogP contribution in [0.25, 0.3) is 0 Å². The van der Waals surface area contributed by atoms with E-state index in [1.165, 1.54) is 51.4 Å². The lowest BCUT2D eigenvalue weighted by Gasteiger charge is -2.21. The number of carbonyl (C=O) groups excluding carboxylic acids is 3. The molecular weight excluding hydrogens is 904 g/mol. The molecule has 0 aliphatic carbocycles. The van der Waals surface area contributed by atoms with Crippen LogP contribution < -0.4 is 0 Å². The van der Waals surface area contributed by atoms with Gasteiger partial charge in [0.15, 0.2) is 6.10 Å². The fraction of sp³-hybridized carbons (Fsp3) is 0.741. The summed E-state index contributed by atoms with van der Waals surface area (Å²) in [5.41, 5.74) is 0. The minimum atomic E-state index is -4.75. The van der Waals surface area contributed by atoms with Crippen LogP contribution in [0.2, 0.25) is 0 Å². The molecule has 0 rings (SSSR count). The van der Waals surface area contributed by atoms with E-state index in [9.17, 15) is 28.9 Å². The lowest BCUT2D eigenvalue weighted by molar-refractivity contribution is -0.161. The van der Waals surface area contributed by atoms with Crippen LogP contribution in [-0.2, 0) is 42.2 Å². The predicted octanol–water partition coefficient (Wildman–Crippen LogP) is 16.1. The zero-order valence-corrected chi connectivity index (χ0v) is 45.4. The molecule has 0 aromatic heterocycles. The van der Waals surface area contributed by atoms with Crippen molar-refractivity contribution in [2.75, 3.05) is 26.4 Å². The molecule has 0 radical (unpaired) electrons. The van der Waals surface area contributed by atoms with E-state index in [1.54, 1.807) is 0 Å². The van der Waals surface area contributed by atoms with E-state index in [4.69, 9.17) is 23.3 Å². The summed E-state index contributed by atoms with van der Waals surface area (Å²) in [5.74, 6) is -1.49. The van der Waals surface area contributed by atoms with Gasteiger partial charge in [-0.2, -0.15) is 0 Å². The van der Waals surface area contributed by atoms with Crippen molar-refractivity contribution in [3.63, 3.8) is 0 Å². The van der Waals surface area contributed by atoms with Crippen LogP contribution in [0.1, 0.15) is 239 Å². The number of hydrogen-bond acceptors (Lipinski definition) is 10. The highest BCUT2D eigenvalue weighted by Crippen LogP contribution is 2.43. The molecule has 0 fully saturated rings. The number of aliphatic hydroxyl groups is 1. The number of phosphoric ester groups is 1. The Morgan fingerprint density at radius 1 is 0.414 bits per heavy atom. The second-order valence-corrected chi connectivity index (χ2v) is 19.8. The van der Waals surface area contributed by atoms with E-state index in [0.717, 1.165) is 128 Å². The summed E-state index contributed by atoms with van der Waals surface area (Å²) >= 11 is 0. The smallest absolute Gasteiger partial charge is 0.462 e. The molecule has 0 bridgehead atoms. The summed E-state index contributed by atoms with van der Waals surface area (Å²) in [4.78, 5) is 48.4. The van der Waals surface area contributed by atoms with Crippen molar-refractivity contribution in [1.82, 2.24) is 0 Å². The Labute approximate surface area is 427 Å². The molecule has 11 nitrogen and oxygen atoms in total. The molecule has 0 amide bonds. The standard InChI is InChI=1S/C58H101O11P/c1-4-7-10-13-16-19-22-24-26-27-29-31-34-37-40-43-46-49-58(62)69-55(51-65-56(60)47-44-41-38-35-32-21-18-15-12-9-6-3)53-67-70(63,64)66-52-54(50-59)68-57(61)48-45-42-39-36-33-30-28-25-23-20-17-14-11-8-5-2/h7-8,10-11,16-17,19-20,24-26,28,54-55,59H,4-6,9,12-15,18,21-23,27,29-53H2,1-3H3,(H,63,64)/b10-7-,11-8-,19-16-,20-17-,26-24-,28-25-. The first kappa shape index (κ1) is 66.9. The lowest BCUT2D eigenvalue weighted by atomic mass is 10.1. The maximum Gasteiger partial charge on any atom is 0.472 e. The van der Waals surface area contributed by atoms with E-state index >= 15 is 0 Å². The highest BCUT2D eigenvalue weighted by molar-refractivity contribution is 7.47. The minimum Gasteiger partial charge on any atom is -0.462 e. The summed E-state index contributed by atoms with van der Waals surface area (Å²) in [7, 11) is -4.75. The second-order valence-electron chi connectivity index (χ2n) is 18.3. The van der Waals surface area contributed by atoms with Crippen molar-refractivity contribution in [2.24, 2.45) is 0 Å². The zero-order valence-electron chi connectivity index (χ0n) is 44.5. The van der Waals surface area contributed by atoms with Crippen LogP contribution in [0.5, 0.6) is 0 Å². The van der Waals surface area contributed by atoms with Gasteiger partial charge in [-0.15, -0.1) is 0 Å². The van der Waals surface area contributed by atoms with Gasteiger partial charge in [0.1, 0.15) is 12.7 Å². The molecule has 12 heteroatoms. The Morgan fingerprint density at radius 3 is 1.14 bits per heavy atom. The molecule has 0 aromatic carbocycles. The van der Waals surface area contributed by atoms with Crippen LogP contribution in [-0.4, -0.2) is 66.5 Å². The molecule has 0 aromatic rings. The number of phosphoric acid groups is 1. The summed E-state index contributed by atoms with van der Waals surface area (Å²) < 4.78 is 39.4. The van der Waals surface area contributed by atoms with Crippen molar-refractivity contribution in [3.8, 4) is 0 Å². The van der Waals surface area contributed by atoms with Crippen LogP contribution in [0.15, 0.2) is 72.9 Å². The van der Waals surface area contributed by atoms with Gasteiger partial charge in [-0.1, -0.05) is 209 Å². The number of esters is 3. The average molecular weight is 1010 g/mol. The number of ether oxygens (including phenoxy) is 3. The molecule has 3 atom stereocenters. The Kier molecular flexibility index (Phi) is 50.0. The van der Waals surface area contributed by atoms with E-state index in [2.05, 4.69) is 93.7 Å². The summed E-state index contributed by atoms with van der Waals surface area (Å²) in [6.07, 6.45) is 57.2. The van der Waals surface area contributed by atoms with Gasteiger partial charge in [0.05, 0.1) is 19.8 Å². The SMILES string of the molecule is CC/C=C\C/C=C\C/C=C\CCCCCCCCCC(=O)OC(COC(=O)CCCCCCCCCCCCC)COP(=O)(O)OCC(CO)OC(=O)CCCCCCC/C=C\C/C=C\C/C=C\CC. The first-order valence-corrected chi connectivity index (χ1v) is 29.3. The van der Waals surface area contributed by atoms with Gasteiger partial charge >= 0.3 is 25.7 Å². The molecule has 2 N–H and O–H groups in total. The third kappa shape index (κ3) is 49.9. The van der Waals surface area contributed by atoms with Crippen LogP contribution >= 0.6 is 7.82 Å². The second kappa shape index (κ2) is 52.2. The number of rotatable bonds is 51. The fourth-order valence-electron chi connectivity index (χ4n) is 7.44. The predicted molar refractivity (Wildman–Crippen MR) is 288 cm³/mol. The van der Waals surface area contributed by atoms with Crippen molar-refractivity contribution in [1.29, 1.82) is 0 Å². The number of unbranched alkanes of at least 4 members (excludes halogenated alkanes) is 22. The molecule has 0 spiro atoms. The van der Waals surface area contributed by atoms with Crippen LogP contribution in [0.3, 0.4) is 0 Å². The third-order valence-electron chi connectivity index (χ3n) is 11.6. The highest BCUT2D eigenvalue weighted by Gasteiger charge is 2.28. The molecule has 0 aliphatic rings. The summed E-state index contributed by atoms with van der Waals surface area (Å²) in [5, 5.41) is 9.80. The van der Waals surface area contributed by atoms with Gasteiger partial charge in [-0.05, 0) is 83.5 Å². The lowest BCUT2D eigenvalue weighted by Crippen LogP contribution is -2.30. The average Bonchev–Trinajstić information content (AvgIpc) is 3.35. The van der Waals surface area contributed by atoms with E-state index in [1.807, 2.05) is 0 Å². The fourth-order valence-corrected chi connectivity index (χ4v) is 8.23. The molecule has 0 aliphatic heterocycles. The largest absolute Gasteiger partial charge is 0.472 e. The maximum atomic E-state index is 12.9. The van der Waals surface area contributed by atoms with E-state index in [0.29, 0.717) is 19.3 Å². The van der Waals surface area contributed by atoms with E-state index < -0.39 is 57.8 Å². The molecule has 0 heterocycles. The van der Waals surface area contributed by atoms with Gasteiger partial charge in [0.25, 0.3) is 0 Å². The molecule has 404 valence electrons. The van der Waals surface area contributed by atoms with Crippen molar-refractivity contribution in [2.45, 2.75) is 251 Å². The zero-order chi connectivity index (χ0) is 51.3. The van der Waals surface area contributed by atoms with Crippen molar-refractivity contribution in [3.05, 3.63) is 72.9 Å². The van der Waals surface area contributed by atoms with Crippen LogP contribution in [0, 0.1) is 0 Å².